The van der Waals surface area contributed by atoms with E-state index in [1.807, 2.05) is 0 Å². The van der Waals surface area contributed by atoms with Crippen molar-refractivity contribution in [2.75, 3.05) is 11.9 Å². The lowest BCUT2D eigenvalue weighted by molar-refractivity contribution is -0.155. The zero-order valence-electron chi connectivity index (χ0n) is 13.0. The Balaban J connectivity index is 1.85. The van der Waals surface area contributed by atoms with E-state index in [2.05, 4.69) is 10.3 Å². The number of ether oxygens (including phenoxy) is 2. The molecule has 1 atom stereocenters. The van der Waals surface area contributed by atoms with Crippen molar-refractivity contribution in [2.45, 2.75) is 13.0 Å². The van der Waals surface area contributed by atoms with Crippen LogP contribution in [0.1, 0.15) is 6.92 Å². The van der Waals surface area contributed by atoms with Crippen LogP contribution in [0.25, 0.3) is 0 Å². The molecular weight excluding hydrogens is 391 g/mol. The van der Waals surface area contributed by atoms with Crippen LogP contribution in [-0.4, -0.2) is 29.6 Å². The fourth-order valence-electron chi connectivity index (χ4n) is 1.71. The van der Waals surface area contributed by atoms with Gasteiger partial charge in [0.05, 0.1) is 15.1 Å². The summed E-state index contributed by atoms with van der Waals surface area (Å²) in [5.41, 5.74) is 0. The minimum Gasteiger partial charge on any atom is -0.480 e. The summed E-state index contributed by atoms with van der Waals surface area (Å²) >= 11 is 17.6. The summed E-state index contributed by atoms with van der Waals surface area (Å²) < 4.78 is 10.2. The fourth-order valence-corrected chi connectivity index (χ4v) is 2.33. The van der Waals surface area contributed by atoms with Crippen LogP contribution in [0.4, 0.5) is 5.82 Å². The molecule has 0 radical (unpaired) electrons. The van der Waals surface area contributed by atoms with Gasteiger partial charge < -0.3 is 14.8 Å². The highest BCUT2D eigenvalue weighted by Gasteiger charge is 2.20. The van der Waals surface area contributed by atoms with Crippen LogP contribution in [-0.2, 0) is 14.3 Å². The summed E-state index contributed by atoms with van der Waals surface area (Å²) in [7, 11) is 0. The first kappa shape index (κ1) is 19.3. The quantitative estimate of drug-likeness (QED) is 0.738. The topological polar surface area (TPSA) is 77.5 Å². The number of nitrogens with zero attached hydrogens (tertiary/aromatic N) is 1. The van der Waals surface area contributed by atoms with E-state index in [0.29, 0.717) is 15.8 Å². The van der Waals surface area contributed by atoms with Crippen molar-refractivity contribution in [3.05, 3.63) is 51.6 Å². The number of hydrogen-bond acceptors (Lipinski definition) is 5. The minimum atomic E-state index is -1.07. The van der Waals surface area contributed by atoms with Gasteiger partial charge in [0.15, 0.2) is 18.5 Å². The number of aromatic nitrogens is 1. The number of para-hydroxylation sites is 1. The first-order valence-electron chi connectivity index (χ1n) is 7.05. The SMILES string of the molecule is C[C@H](OC(=O)COc1ccccc1Cl)C(=O)Nc1ncc(Cl)cc1Cl. The van der Waals surface area contributed by atoms with Gasteiger partial charge in [0.1, 0.15) is 5.75 Å². The maximum absolute atomic E-state index is 12.0. The number of carbonyl (C=O) groups excluding carboxylic acids is 2. The summed E-state index contributed by atoms with van der Waals surface area (Å²) in [5, 5.41) is 3.31. The lowest BCUT2D eigenvalue weighted by atomic mass is 10.3. The second-order valence-electron chi connectivity index (χ2n) is 4.82. The fraction of sp³-hybridized carbons (Fsp3) is 0.188. The standard InChI is InChI=1S/C16H13Cl3N2O4/c1-9(16(23)21-15-12(19)6-10(17)7-20-15)25-14(22)8-24-13-5-3-2-4-11(13)18/h2-7,9H,8H2,1H3,(H,20,21,23)/t9-/m0/s1. The van der Waals surface area contributed by atoms with Gasteiger partial charge in [-0.2, -0.15) is 0 Å². The number of benzene rings is 1. The largest absolute Gasteiger partial charge is 0.480 e. The van der Waals surface area contributed by atoms with Gasteiger partial charge in [-0.1, -0.05) is 46.9 Å². The Hall–Kier alpha value is -2.02. The van der Waals surface area contributed by atoms with Crippen molar-refractivity contribution in [1.82, 2.24) is 4.98 Å². The molecule has 0 saturated carbocycles. The van der Waals surface area contributed by atoms with E-state index in [9.17, 15) is 9.59 Å². The van der Waals surface area contributed by atoms with Crippen molar-refractivity contribution >= 4 is 52.5 Å². The molecule has 0 aliphatic rings. The van der Waals surface area contributed by atoms with Crippen molar-refractivity contribution in [3.63, 3.8) is 0 Å². The number of nitrogens with one attached hydrogen (secondary N) is 1. The molecule has 1 N–H and O–H groups in total. The molecule has 25 heavy (non-hydrogen) atoms. The van der Waals surface area contributed by atoms with Crippen LogP contribution in [0.5, 0.6) is 5.75 Å². The highest BCUT2D eigenvalue weighted by Crippen LogP contribution is 2.24. The normalized spacial score (nSPS) is 11.5. The Kier molecular flexibility index (Phi) is 6.87. The Morgan fingerprint density at radius 3 is 2.60 bits per heavy atom. The van der Waals surface area contributed by atoms with Crippen molar-refractivity contribution in [2.24, 2.45) is 0 Å². The summed E-state index contributed by atoms with van der Waals surface area (Å²) in [6.45, 7) is 1.02. The van der Waals surface area contributed by atoms with Gasteiger partial charge in [0.25, 0.3) is 5.91 Å². The molecule has 0 unspecified atom stereocenters. The molecule has 1 heterocycles. The smallest absolute Gasteiger partial charge is 0.344 e. The van der Waals surface area contributed by atoms with Crippen LogP contribution < -0.4 is 10.1 Å². The molecule has 6 nitrogen and oxygen atoms in total. The Morgan fingerprint density at radius 2 is 1.92 bits per heavy atom. The molecular formula is C16H13Cl3N2O4. The summed E-state index contributed by atoms with van der Waals surface area (Å²) in [5.74, 6) is -0.859. The molecule has 0 aliphatic heterocycles. The van der Waals surface area contributed by atoms with E-state index < -0.39 is 18.0 Å². The molecule has 2 rings (SSSR count). The number of hydrogen-bond donors (Lipinski definition) is 1. The maximum atomic E-state index is 12.0. The third-order valence-corrected chi connectivity index (χ3v) is 3.72. The van der Waals surface area contributed by atoms with E-state index in [0.717, 1.165) is 0 Å². The number of anilines is 1. The zero-order chi connectivity index (χ0) is 18.4. The van der Waals surface area contributed by atoms with Gasteiger partial charge in [-0.15, -0.1) is 0 Å². The highest BCUT2D eigenvalue weighted by molar-refractivity contribution is 6.36. The van der Waals surface area contributed by atoms with Gasteiger partial charge in [0.2, 0.25) is 0 Å². The van der Waals surface area contributed by atoms with Crippen LogP contribution >= 0.6 is 34.8 Å². The van der Waals surface area contributed by atoms with Gasteiger partial charge in [0, 0.05) is 6.20 Å². The molecule has 0 aliphatic carbocycles. The molecule has 2 aromatic rings. The number of carbonyl (C=O) groups is 2. The summed E-state index contributed by atoms with van der Waals surface area (Å²) in [6.07, 6.45) is 0.257. The van der Waals surface area contributed by atoms with Crippen molar-refractivity contribution in [3.8, 4) is 5.75 Å². The molecule has 0 bridgehead atoms. The van der Waals surface area contributed by atoms with E-state index in [4.69, 9.17) is 44.3 Å². The monoisotopic (exact) mass is 402 g/mol. The Morgan fingerprint density at radius 1 is 1.20 bits per heavy atom. The maximum Gasteiger partial charge on any atom is 0.344 e. The third kappa shape index (κ3) is 5.77. The predicted octanol–water partition coefficient (Wildman–Crippen LogP) is 3.99. The number of esters is 1. The molecule has 132 valence electrons. The van der Waals surface area contributed by atoms with Crippen LogP contribution in [0.2, 0.25) is 15.1 Å². The summed E-state index contributed by atoms with van der Waals surface area (Å²) in [4.78, 5) is 27.7. The van der Waals surface area contributed by atoms with Crippen LogP contribution in [0, 0.1) is 0 Å². The molecule has 1 aromatic heterocycles. The van der Waals surface area contributed by atoms with Crippen molar-refractivity contribution in [1.29, 1.82) is 0 Å². The molecule has 0 fully saturated rings. The molecule has 0 saturated heterocycles. The zero-order valence-corrected chi connectivity index (χ0v) is 15.2. The minimum absolute atomic E-state index is 0.117. The van der Waals surface area contributed by atoms with E-state index >= 15 is 0 Å². The van der Waals surface area contributed by atoms with E-state index in [-0.39, 0.29) is 17.4 Å². The number of rotatable bonds is 6. The number of amides is 1. The van der Waals surface area contributed by atoms with Gasteiger partial charge in [-0.25, -0.2) is 9.78 Å². The summed E-state index contributed by atoms with van der Waals surface area (Å²) in [6, 6.07) is 8.11. The average Bonchev–Trinajstić information content (AvgIpc) is 2.56. The molecule has 1 aromatic carbocycles. The lowest BCUT2D eigenvalue weighted by Crippen LogP contribution is -2.32. The van der Waals surface area contributed by atoms with Crippen LogP contribution in [0.3, 0.4) is 0 Å². The Bertz CT molecular complexity index is 786. The first-order chi connectivity index (χ1) is 11.9. The molecule has 9 heteroatoms. The highest BCUT2D eigenvalue weighted by atomic mass is 35.5. The number of pyridine rings is 1. The first-order valence-corrected chi connectivity index (χ1v) is 8.19. The predicted molar refractivity (Wildman–Crippen MR) is 95.4 cm³/mol. The van der Waals surface area contributed by atoms with Gasteiger partial charge in [-0.05, 0) is 25.1 Å². The van der Waals surface area contributed by atoms with Gasteiger partial charge >= 0.3 is 5.97 Å². The van der Waals surface area contributed by atoms with E-state index in [1.54, 1.807) is 24.3 Å². The van der Waals surface area contributed by atoms with Crippen LogP contribution in [0.15, 0.2) is 36.5 Å². The number of halogens is 3. The molecule has 1 amide bonds. The van der Waals surface area contributed by atoms with Crippen molar-refractivity contribution < 1.29 is 19.1 Å². The average molecular weight is 404 g/mol. The second-order valence-corrected chi connectivity index (χ2v) is 6.08. The third-order valence-electron chi connectivity index (χ3n) is 2.91. The second kappa shape index (κ2) is 8.89. The lowest BCUT2D eigenvalue weighted by Gasteiger charge is -2.14. The molecule has 0 spiro atoms. The van der Waals surface area contributed by atoms with E-state index in [1.165, 1.54) is 19.2 Å². The van der Waals surface area contributed by atoms with Gasteiger partial charge in [-0.3, -0.25) is 4.79 Å². The Labute approximate surface area is 159 Å².